The van der Waals surface area contributed by atoms with Crippen LogP contribution in [0.4, 0.5) is 0 Å². The summed E-state index contributed by atoms with van der Waals surface area (Å²) in [5.74, 6) is 2.04. The summed E-state index contributed by atoms with van der Waals surface area (Å²) < 4.78 is 5.37. The van der Waals surface area contributed by atoms with Crippen molar-refractivity contribution in [2.45, 2.75) is 57.9 Å². The number of benzene rings is 2. The number of hydrogen-bond acceptors (Lipinski definition) is 5. The Morgan fingerprint density at radius 3 is 2.61 bits per heavy atom. The quantitative estimate of drug-likeness (QED) is 0.330. The van der Waals surface area contributed by atoms with Gasteiger partial charge in [-0.1, -0.05) is 29.4 Å². The van der Waals surface area contributed by atoms with E-state index < -0.39 is 0 Å². The van der Waals surface area contributed by atoms with Crippen LogP contribution in [0, 0.1) is 12.8 Å². The molecule has 1 saturated carbocycles. The number of H-pyrrole nitrogens is 1. The van der Waals surface area contributed by atoms with Crippen LogP contribution in [0.15, 0.2) is 53.1 Å². The first-order valence-electron chi connectivity index (χ1n) is 13.6. The van der Waals surface area contributed by atoms with Crippen LogP contribution in [0.2, 0.25) is 0 Å². The Morgan fingerprint density at radius 2 is 1.84 bits per heavy atom. The summed E-state index contributed by atoms with van der Waals surface area (Å²) >= 11 is 0. The average molecular weight is 534 g/mol. The summed E-state index contributed by atoms with van der Waals surface area (Å²) in [7, 11) is 0. The van der Waals surface area contributed by atoms with Crippen LogP contribution in [0.25, 0.3) is 22.4 Å². The molecule has 2 aromatic carbocycles. The van der Waals surface area contributed by atoms with Gasteiger partial charge in [0.2, 0.25) is 0 Å². The standard InChI is InChI=1S/C30H35N5O2.ClH/c1-20-31-30(37-34-20)25-9-8-22-13-16-35(17-14-23(22)18-25)15-12-21-6-10-26(11-7-21)32-29(36)28-19-24-4-2-3-5-27(24)33-28;/h2-5,8-9,18-19,21,26,33H,6-7,10-17H2,1H3,(H,32,36);1H. The number of amides is 1. The molecule has 1 fully saturated rings. The van der Waals surface area contributed by atoms with Crippen LogP contribution in [-0.2, 0) is 12.8 Å². The van der Waals surface area contributed by atoms with Crippen LogP contribution in [0.1, 0.15) is 59.5 Å². The molecule has 0 bridgehead atoms. The van der Waals surface area contributed by atoms with E-state index in [1.807, 2.05) is 37.3 Å². The van der Waals surface area contributed by atoms with Gasteiger partial charge in [0.15, 0.2) is 5.82 Å². The van der Waals surface area contributed by atoms with Gasteiger partial charge in [0.05, 0.1) is 0 Å². The number of carbonyl (C=O) groups is 1. The Labute approximate surface area is 229 Å². The van der Waals surface area contributed by atoms with Crippen molar-refractivity contribution in [3.05, 3.63) is 71.2 Å². The Hall–Kier alpha value is -3.16. The lowest BCUT2D eigenvalue weighted by Gasteiger charge is -2.30. The molecule has 8 heteroatoms. The first-order valence-corrected chi connectivity index (χ1v) is 13.6. The molecule has 0 spiro atoms. The number of halogens is 1. The lowest BCUT2D eigenvalue weighted by Crippen LogP contribution is -2.38. The van der Waals surface area contributed by atoms with Crippen molar-refractivity contribution in [2.24, 2.45) is 5.92 Å². The van der Waals surface area contributed by atoms with Crippen molar-refractivity contribution in [1.29, 1.82) is 0 Å². The van der Waals surface area contributed by atoms with Gasteiger partial charge in [0.1, 0.15) is 5.69 Å². The molecule has 1 amide bonds. The van der Waals surface area contributed by atoms with Crippen molar-refractivity contribution < 1.29 is 9.32 Å². The summed E-state index contributed by atoms with van der Waals surface area (Å²) in [4.78, 5) is 23.0. The fraction of sp³-hybridized carbons (Fsp3) is 0.433. The highest BCUT2D eigenvalue weighted by molar-refractivity contribution is 5.98. The number of rotatable bonds is 6. The number of carbonyl (C=O) groups excluding carboxylic acids is 1. The topological polar surface area (TPSA) is 87.0 Å². The first kappa shape index (κ1) is 26.4. The molecule has 1 aliphatic heterocycles. The summed E-state index contributed by atoms with van der Waals surface area (Å²) in [6.07, 6.45) is 7.91. The Bertz CT molecular complexity index is 1360. The molecule has 2 aliphatic rings. The molecule has 3 heterocycles. The lowest BCUT2D eigenvalue weighted by atomic mass is 9.84. The third kappa shape index (κ3) is 5.94. The first-order chi connectivity index (χ1) is 18.1. The minimum absolute atomic E-state index is 0. The molecular formula is C30H36ClN5O2. The maximum absolute atomic E-state index is 12.8. The number of aryl methyl sites for hydroxylation is 1. The average Bonchev–Trinajstić information content (AvgIpc) is 3.50. The highest BCUT2D eigenvalue weighted by Gasteiger charge is 2.24. The minimum Gasteiger partial charge on any atom is -0.351 e. The second kappa shape index (κ2) is 11.7. The number of aromatic amines is 1. The van der Waals surface area contributed by atoms with E-state index >= 15 is 0 Å². The van der Waals surface area contributed by atoms with E-state index in [2.05, 4.69) is 43.5 Å². The van der Waals surface area contributed by atoms with Crippen molar-refractivity contribution >= 4 is 29.2 Å². The van der Waals surface area contributed by atoms with Gasteiger partial charge in [-0.15, -0.1) is 12.4 Å². The number of nitrogens with zero attached hydrogens (tertiary/aromatic N) is 3. The largest absolute Gasteiger partial charge is 0.351 e. The Balaban J connectivity index is 0.00000294. The van der Waals surface area contributed by atoms with Crippen LogP contribution >= 0.6 is 12.4 Å². The van der Waals surface area contributed by atoms with E-state index in [-0.39, 0.29) is 24.4 Å². The van der Waals surface area contributed by atoms with Crippen LogP contribution in [-0.4, -0.2) is 51.6 Å². The molecule has 4 aromatic rings. The van der Waals surface area contributed by atoms with Crippen molar-refractivity contribution in [1.82, 2.24) is 25.3 Å². The van der Waals surface area contributed by atoms with Crippen molar-refractivity contribution in [3.8, 4) is 11.5 Å². The minimum atomic E-state index is 0. The summed E-state index contributed by atoms with van der Waals surface area (Å²) in [5, 5.41) is 8.27. The van der Waals surface area contributed by atoms with Gasteiger partial charge in [-0.3, -0.25) is 4.79 Å². The zero-order valence-electron chi connectivity index (χ0n) is 21.9. The third-order valence-corrected chi connectivity index (χ3v) is 8.19. The van der Waals surface area contributed by atoms with E-state index in [0.29, 0.717) is 17.4 Å². The summed E-state index contributed by atoms with van der Waals surface area (Å²) in [6, 6.07) is 16.8. The van der Waals surface area contributed by atoms with Gasteiger partial charge in [0, 0.05) is 35.6 Å². The van der Waals surface area contributed by atoms with Crippen LogP contribution in [0.5, 0.6) is 0 Å². The van der Waals surface area contributed by atoms with E-state index in [0.717, 1.165) is 67.7 Å². The van der Waals surface area contributed by atoms with Gasteiger partial charge in [-0.05, 0) is 99.7 Å². The molecule has 2 N–H and O–H groups in total. The normalized spacial score (nSPS) is 19.9. The van der Waals surface area contributed by atoms with Gasteiger partial charge in [-0.25, -0.2) is 0 Å². The molecule has 7 nitrogen and oxygen atoms in total. The molecule has 38 heavy (non-hydrogen) atoms. The number of para-hydroxylation sites is 1. The monoisotopic (exact) mass is 533 g/mol. The van der Waals surface area contributed by atoms with Gasteiger partial charge in [-0.2, -0.15) is 4.98 Å². The number of aromatic nitrogens is 3. The van der Waals surface area contributed by atoms with E-state index in [9.17, 15) is 4.79 Å². The van der Waals surface area contributed by atoms with E-state index in [1.54, 1.807) is 0 Å². The van der Waals surface area contributed by atoms with Crippen LogP contribution < -0.4 is 5.32 Å². The molecule has 0 saturated heterocycles. The highest BCUT2D eigenvalue weighted by Crippen LogP contribution is 2.29. The molecule has 200 valence electrons. The SMILES string of the molecule is Cc1noc(-c2ccc3c(c2)CCN(CCC2CCC(NC(=O)c4cc5ccccc5[nH]4)CC2)CC3)n1.Cl. The molecule has 0 radical (unpaired) electrons. The molecule has 2 aromatic heterocycles. The van der Waals surface area contributed by atoms with Gasteiger partial charge in [0.25, 0.3) is 11.8 Å². The fourth-order valence-electron chi connectivity index (χ4n) is 5.96. The van der Waals surface area contributed by atoms with Crippen LogP contribution in [0.3, 0.4) is 0 Å². The fourth-order valence-corrected chi connectivity index (χ4v) is 5.96. The molecule has 0 unspecified atom stereocenters. The van der Waals surface area contributed by atoms with Crippen molar-refractivity contribution in [3.63, 3.8) is 0 Å². The molecule has 0 atom stereocenters. The maximum atomic E-state index is 12.8. The molecule has 1 aliphatic carbocycles. The zero-order chi connectivity index (χ0) is 25.2. The number of hydrogen-bond donors (Lipinski definition) is 2. The summed E-state index contributed by atoms with van der Waals surface area (Å²) in [6.45, 7) is 5.21. The van der Waals surface area contributed by atoms with Crippen molar-refractivity contribution in [2.75, 3.05) is 19.6 Å². The highest BCUT2D eigenvalue weighted by atomic mass is 35.5. The Morgan fingerprint density at radius 1 is 1.05 bits per heavy atom. The molecular weight excluding hydrogens is 498 g/mol. The van der Waals surface area contributed by atoms with Gasteiger partial charge < -0.3 is 19.7 Å². The summed E-state index contributed by atoms with van der Waals surface area (Å²) in [5.41, 5.74) is 5.53. The lowest BCUT2D eigenvalue weighted by molar-refractivity contribution is 0.0915. The second-order valence-corrected chi connectivity index (χ2v) is 10.7. The molecule has 6 rings (SSSR count). The second-order valence-electron chi connectivity index (χ2n) is 10.7. The van der Waals surface area contributed by atoms with Gasteiger partial charge >= 0.3 is 0 Å². The van der Waals surface area contributed by atoms with E-state index in [1.165, 1.54) is 30.4 Å². The number of nitrogens with one attached hydrogen (secondary N) is 2. The predicted molar refractivity (Wildman–Crippen MR) is 152 cm³/mol. The Kier molecular flexibility index (Phi) is 8.15. The maximum Gasteiger partial charge on any atom is 0.267 e. The smallest absolute Gasteiger partial charge is 0.267 e. The predicted octanol–water partition coefficient (Wildman–Crippen LogP) is 5.73. The third-order valence-electron chi connectivity index (χ3n) is 8.19. The zero-order valence-corrected chi connectivity index (χ0v) is 22.7. The number of fused-ring (bicyclic) bond motifs is 2. The van der Waals surface area contributed by atoms with E-state index in [4.69, 9.17) is 4.52 Å².